The Morgan fingerprint density at radius 2 is 2.18 bits per heavy atom. The monoisotopic (exact) mass is 233 g/mol. The summed E-state index contributed by atoms with van der Waals surface area (Å²) in [6.45, 7) is 1.78. The first-order chi connectivity index (χ1) is 8.22. The van der Waals surface area contributed by atoms with Gasteiger partial charge in [0.25, 0.3) is 0 Å². The Labute approximate surface area is 100 Å². The van der Waals surface area contributed by atoms with Crippen molar-refractivity contribution >= 4 is 0 Å². The second-order valence-corrected chi connectivity index (χ2v) is 4.16. The third kappa shape index (κ3) is 2.56. The molecule has 90 valence electrons. The largest absolute Gasteiger partial charge is 0.472 e. The Kier molecular flexibility index (Phi) is 3.59. The third-order valence-electron chi connectivity index (χ3n) is 2.97. The fourth-order valence-electron chi connectivity index (χ4n) is 1.95. The molecule has 0 aliphatic carbocycles. The predicted molar refractivity (Wildman–Crippen MR) is 65.3 cm³/mol. The molecule has 1 heterocycles. The van der Waals surface area contributed by atoms with Crippen LogP contribution in [0.25, 0.3) is 0 Å². The molecule has 2 rings (SSSR count). The Morgan fingerprint density at radius 1 is 1.35 bits per heavy atom. The zero-order valence-corrected chi connectivity index (χ0v) is 10.0. The number of hydrogen-bond donors (Lipinski definition) is 1. The predicted octanol–water partition coefficient (Wildman–Crippen LogP) is 3.23. The fraction of sp³-hybridized carbons (Fsp3) is 0.286. The molecule has 1 aromatic heterocycles. The Bertz CT molecular complexity index is 479. The Balaban J connectivity index is 2.26. The molecule has 17 heavy (non-hydrogen) atoms. The maximum Gasteiger partial charge on any atom is 0.130 e. The minimum Gasteiger partial charge on any atom is -0.472 e. The van der Waals surface area contributed by atoms with E-state index < -0.39 is 0 Å². The highest BCUT2D eigenvalue weighted by molar-refractivity contribution is 5.28. The summed E-state index contributed by atoms with van der Waals surface area (Å²) < 4.78 is 19.0. The van der Waals surface area contributed by atoms with Gasteiger partial charge in [-0.3, -0.25) is 0 Å². The van der Waals surface area contributed by atoms with Crippen molar-refractivity contribution < 1.29 is 8.81 Å². The summed E-state index contributed by atoms with van der Waals surface area (Å²) >= 11 is 0. The van der Waals surface area contributed by atoms with E-state index in [1.165, 1.54) is 0 Å². The van der Waals surface area contributed by atoms with Gasteiger partial charge in [-0.25, -0.2) is 4.39 Å². The maximum absolute atomic E-state index is 14.0. The molecule has 0 radical (unpaired) electrons. The van der Waals surface area contributed by atoms with E-state index in [9.17, 15) is 4.39 Å². The van der Waals surface area contributed by atoms with Gasteiger partial charge in [-0.2, -0.15) is 0 Å². The highest BCUT2D eigenvalue weighted by Crippen LogP contribution is 2.23. The summed E-state index contributed by atoms with van der Waals surface area (Å²) in [7, 11) is 1.84. The molecule has 0 bridgehead atoms. The van der Waals surface area contributed by atoms with E-state index in [1.54, 1.807) is 25.5 Å². The van der Waals surface area contributed by atoms with Crippen molar-refractivity contribution in [1.29, 1.82) is 0 Å². The fourth-order valence-corrected chi connectivity index (χ4v) is 1.95. The van der Waals surface area contributed by atoms with Crippen LogP contribution >= 0.6 is 0 Å². The molecule has 1 N–H and O–H groups in total. The average molecular weight is 233 g/mol. The quantitative estimate of drug-likeness (QED) is 0.877. The lowest BCUT2D eigenvalue weighted by molar-refractivity contribution is 0.522. The lowest BCUT2D eigenvalue weighted by Crippen LogP contribution is -2.20. The van der Waals surface area contributed by atoms with E-state index in [1.807, 2.05) is 25.2 Å². The molecular weight excluding hydrogens is 217 g/mol. The lowest BCUT2D eigenvalue weighted by Gasteiger charge is -2.17. The molecule has 0 saturated heterocycles. The standard InChI is InChI=1S/C14H16FNO/c1-10-4-3-5-12(14(10)15)13(16-2)8-11-6-7-17-9-11/h3-7,9,13,16H,8H2,1-2H3. The minimum absolute atomic E-state index is 0.0347. The topological polar surface area (TPSA) is 25.2 Å². The SMILES string of the molecule is CNC(Cc1ccoc1)c1cccc(C)c1F. The summed E-state index contributed by atoms with van der Waals surface area (Å²) in [5.74, 6) is -0.129. The zero-order chi connectivity index (χ0) is 12.3. The van der Waals surface area contributed by atoms with Crippen LogP contribution in [0.5, 0.6) is 0 Å². The van der Waals surface area contributed by atoms with Crippen LogP contribution in [0.15, 0.2) is 41.2 Å². The molecule has 0 aliphatic heterocycles. The van der Waals surface area contributed by atoms with Crippen molar-refractivity contribution in [1.82, 2.24) is 5.32 Å². The normalized spacial score (nSPS) is 12.6. The Morgan fingerprint density at radius 3 is 2.82 bits per heavy atom. The highest BCUT2D eigenvalue weighted by atomic mass is 19.1. The van der Waals surface area contributed by atoms with Crippen LogP contribution in [0.2, 0.25) is 0 Å². The first kappa shape index (κ1) is 11.9. The second kappa shape index (κ2) is 5.15. The van der Waals surface area contributed by atoms with Crippen molar-refractivity contribution in [2.24, 2.45) is 0 Å². The van der Waals surface area contributed by atoms with Crippen molar-refractivity contribution in [3.8, 4) is 0 Å². The van der Waals surface area contributed by atoms with Gasteiger partial charge < -0.3 is 9.73 Å². The summed E-state index contributed by atoms with van der Waals surface area (Å²) in [5, 5.41) is 3.14. The molecule has 3 heteroatoms. The maximum atomic E-state index is 14.0. The molecule has 1 aromatic carbocycles. The van der Waals surface area contributed by atoms with Gasteiger partial charge in [0.05, 0.1) is 12.5 Å². The molecule has 1 unspecified atom stereocenters. The van der Waals surface area contributed by atoms with Gasteiger partial charge in [0.1, 0.15) is 5.82 Å². The summed E-state index contributed by atoms with van der Waals surface area (Å²) in [6, 6.07) is 7.35. The molecule has 0 aliphatic rings. The number of benzene rings is 1. The van der Waals surface area contributed by atoms with E-state index >= 15 is 0 Å². The summed E-state index contributed by atoms with van der Waals surface area (Å²) in [6.07, 6.45) is 4.04. The van der Waals surface area contributed by atoms with Gasteiger partial charge in [0, 0.05) is 11.6 Å². The molecule has 0 amide bonds. The van der Waals surface area contributed by atoms with E-state index in [2.05, 4.69) is 5.32 Å². The highest BCUT2D eigenvalue weighted by Gasteiger charge is 2.16. The van der Waals surface area contributed by atoms with Gasteiger partial charge in [0.2, 0.25) is 0 Å². The van der Waals surface area contributed by atoms with Gasteiger partial charge in [-0.1, -0.05) is 18.2 Å². The second-order valence-electron chi connectivity index (χ2n) is 4.16. The Hall–Kier alpha value is -1.61. The molecule has 1 atom stereocenters. The van der Waals surface area contributed by atoms with Crippen LogP contribution < -0.4 is 5.32 Å². The number of aryl methyl sites for hydroxylation is 1. The number of hydrogen-bond acceptors (Lipinski definition) is 2. The summed E-state index contributed by atoms with van der Waals surface area (Å²) in [4.78, 5) is 0. The molecule has 0 fully saturated rings. The summed E-state index contributed by atoms with van der Waals surface area (Å²) in [5.41, 5.74) is 2.44. The van der Waals surface area contributed by atoms with E-state index in [4.69, 9.17) is 4.42 Å². The first-order valence-corrected chi connectivity index (χ1v) is 5.65. The number of halogens is 1. The van der Waals surface area contributed by atoms with Gasteiger partial charge >= 0.3 is 0 Å². The smallest absolute Gasteiger partial charge is 0.130 e. The van der Waals surface area contributed by atoms with Gasteiger partial charge in [-0.15, -0.1) is 0 Å². The molecule has 2 aromatic rings. The molecule has 0 saturated carbocycles. The van der Waals surface area contributed by atoms with Crippen LogP contribution in [0.3, 0.4) is 0 Å². The van der Waals surface area contributed by atoms with Crippen molar-refractivity contribution in [3.63, 3.8) is 0 Å². The zero-order valence-electron chi connectivity index (χ0n) is 10.0. The minimum atomic E-state index is -0.129. The van der Waals surface area contributed by atoms with Gasteiger partial charge in [-0.05, 0) is 37.6 Å². The number of furan rings is 1. The van der Waals surface area contributed by atoms with E-state index in [-0.39, 0.29) is 11.9 Å². The van der Waals surface area contributed by atoms with E-state index in [0.29, 0.717) is 17.5 Å². The van der Waals surface area contributed by atoms with Crippen molar-refractivity contribution in [2.75, 3.05) is 7.05 Å². The first-order valence-electron chi connectivity index (χ1n) is 5.65. The number of nitrogens with one attached hydrogen (secondary N) is 1. The van der Waals surface area contributed by atoms with Crippen LogP contribution in [-0.4, -0.2) is 7.05 Å². The number of likely N-dealkylation sites (N-methyl/N-ethyl adjacent to an activating group) is 1. The molecule has 2 nitrogen and oxygen atoms in total. The third-order valence-corrected chi connectivity index (χ3v) is 2.97. The van der Waals surface area contributed by atoms with Crippen LogP contribution in [-0.2, 0) is 6.42 Å². The van der Waals surface area contributed by atoms with Gasteiger partial charge in [0.15, 0.2) is 0 Å². The van der Waals surface area contributed by atoms with Crippen LogP contribution in [0.1, 0.15) is 22.7 Å². The van der Waals surface area contributed by atoms with Crippen molar-refractivity contribution in [3.05, 3.63) is 59.3 Å². The van der Waals surface area contributed by atoms with Crippen LogP contribution in [0.4, 0.5) is 4.39 Å². The number of rotatable bonds is 4. The molecular formula is C14H16FNO. The van der Waals surface area contributed by atoms with E-state index in [0.717, 1.165) is 5.56 Å². The lowest BCUT2D eigenvalue weighted by atomic mass is 9.98. The average Bonchev–Trinajstić information content (AvgIpc) is 2.83. The molecule has 0 spiro atoms. The van der Waals surface area contributed by atoms with Crippen molar-refractivity contribution in [2.45, 2.75) is 19.4 Å². The van der Waals surface area contributed by atoms with Crippen LogP contribution in [0, 0.1) is 12.7 Å².